The Kier molecular flexibility index (Phi) is 4.85. The van der Waals surface area contributed by atoms with Crippen LogP contribution >= 0.6 is 0 Å². The van der Waals surface area contributed by atoms with E-state index >= 15 is 0 Å². The molecule has 1 N–H and O–H groups in total. The fourth-order valence-corrected chi connectivity index (χ4v) is 3.70. The van der Waals surface area contributed by atoms with Crippen molar-refractivity contribution in [2.75, 3.05) is 20.1 Å². The number of carbonyl (C=O) groups excluding carboxylic acids is 1. The number of piperidine rings is 1. The molecule has 1 aromatic heterocycles. The SMILES string of the molecule is CN(C(=O)c1ccc2n[nH]nc2c1)C1CCCN(Cc2ccccc2F)C1. The molecule has 0 spiro atoms. The number of benzene rings is 2. The molecule has 1 unspecified atom stereocenters. The largest absolute Gasteiger partial charge is 0.337 e. The van der Waals surface area contributed by atoms with Crippen LogP contribution in [0.15, 0.2) is 42.5 Å². The van der Waals surface area contributed by atoms with E-state index in [0.717, 1.165) is 31.4 Å². The number of hydrogen-bond donors (Lipinski definition) is 1. The van der Waals surface area contributed by atoms with Gasteiger partial charge in [-0.1, -0.05) is 18.2 Å². The number of aromatic amines is 1. The highest BCUT2D eigenvalue weighted by Crippen LogP contribution is 2.21. The number of nitrogens with one attached hydrogen (secondary N) is 1. The Hall–Kier alpha value is -2.80. The third-order valence-corrected chi connectivity index (χ3v) is 5.26. The van der Waals surface area contributed by atoms with E-state index in [2.05, 4.69) is 20.3 Å². The molecule has 0 radical (unpaired) electrons. The summed E-state index contributed by atoms with van der Waals surface area (Å²) in [7, 11) is 1.84. The van der Waals surface area contributed by atoms with E-state index in [1.54, 1.807) is 29.2 Å². The number of aromatic nitrogens is 3. The van der Waals surface area contributed by atoms with Gasteiger partial charge in [0.05, 0.1) is 0 Å². The van der Waals surface area contributed by atoms with E-state index in [4.69, 9.17) is 0 Å². The fourth-order valence-electron chi connectivity index (χ4n) is 3.70. The van der Waals surface area contributed by atoms with Gasteiger partial charge in [-0.3, -0.25) is 9.69 Å². The molecule has 6 nitrogen and oxygen atoms in total. The fraction of sp³-hybridized carbons (Fsp3) is 0.350. The molecule has 1 aliphatic rings. The zero-order chi connectivity index (χ0) is 18.8. The zero-order valence-electron chi connectivity index (χ0n) is 15.2. The molecule has 4 rings (SSSR count). The van der Waals surface area contributed by atoms with Crippen LogP contribution in [0.3, 0.4) is 0 Å². The first kappa shape index (κ1) is 17.6. The zero-order valence-corrected chi connectivity index (χ0v) is 15.2. The second kappa shape index (κ2) is 7.44. The van der Waals surface area contributed by atoms with Gasteiger partial charge in [0.25, 0.3) is 5.91 Å². The Balaban J connectivity index is 1.45. The van der Waals surface area contributed by atoms with Crippen LogP contribution in [-0.2, 0) is 6.54 Å². The monoisotopic (exact) mass is 367 g/mol. The molecule has 2 aromatic carbocycles. The quantitative estimate of drug-likeness (QED) is 0.770. The summed E-state index contributed by atoms with van der Waals surface area (Å²) >= 11 is 0. The number of likely N-dealkylation sites (tertiary alicyclic amines) is 1. The molecular weight excluding hydrogens is 345 g/mol. The highest BCUT2D eigenvalue weighted by atomic mass is 19.1. The Morgan fingerprint density at radius 2 is 2.07 bits per heavy atom. The summed E-state index contributed by atoms with van der Waals surface area (Å²) in [6, 6.07) is 12.3. The molecule has 0 aliphatic carbocycles. The molecule has 3 aromatic rings. The molecule has 7 heteroatoms. The first-order chi connectivity index (χ1) is 13.1. The minimum atomic E-state index is -0.176. The van der Waals surface area contributed by atoms with Crippen molar-refractivity contribution in [3.05, 3.63) is 59.4 Å². The van der Waals surface area contributed by atoms with Crippen LogP contribution < -0.4 is 0 Å². The van der Waals surface area contributed by atoms with Crippen molar-refractivity contribution < 1.29 is 9.18 Å². The Morgan fingerprint density at radius 3 is 2.93 bits per heavy atom. The van der Waals surface area contributed by atoms with Gasteiger partial charge in [-0.15, -0.1) is 0 Å². The minimum absolute atomic E-state index is 0.0300. The maximum atomic E-state index is 13.9. The Morgan fingerprint density at radius 1 is 1.26 bits per heavy atom. The van der Waals surface area contributed by atoms with Crippen LogP contribution in [0.5, 0.6) is 0 Å². The number of carbonyl (C=O) groups is 1. The van der Waals surface area contributed by atoms with Crippen molar-refractivity contribution in [1.82, 2.24) is 25.2 Å². The maximum absolute atomic E-state index is 13.9. The first-order valence-corrected chi connectivity index (χ1v) is 9.15. The molecule has 1 aliphatic heterocycles. The lowest BCUT2D eigenvalue weighted by Gasteiger charge is -2.37. The number of amides is 1. The van der Waals surface area contributed by atoms with Crippen LogP contribution in [0.25, 0.3) is 11.0 Å². The number of hydrogen-bond acceptors (Lipinski definition) is 4. The van der Waals surface area contributed by atoms with E-state index in [9.17, 15) is 9.18 Å². The third-order valence-electron chi connectivity index (χ3n) is 5.26. The molecule has 0 saturated carbocycles. The number of fused-ring (bicyclic) bond motifs is 1. The van der Waals surface area contributed by atoms with Gasteiger partial charge in [0.15, 0.2) is 0 Å². The standard InChI is InChI=1S/C20H22FN5O/c1-25(20(27)14-8-9-18-19(11-14)23-24-22-18)16-6-4-10-26(13-16)12-15-5-2-3-7-17(15)21/h2-3,5,7-9,11,16H,4,6,10,12-13H2,1H3,(H,22,23,24). The Labute approximate surface area is 157 Å². The summed E-state index contributed by atoms with van der Waals surface area (Å²) in [5.41, 5.74) is 2.72. The van der Waals surface area contributed by atoms with Crippen molar-refractivity contribution in [2.45, 2.75) is 25.4 Å². The summed E-state index contributed by atoms with van der Waals surface area (Å²) in [5, 5.41) is 10.6. The van der Waals surface area contributed by atoms with Crippen molar-refractivity contribution in [2.24, 2.45) is 0 Å². The molecule has 1 saturated heterocycles. The predicted octanol–water partition coefficient (Wildman–Crippen LogP) is 2.83. The van der Waals surface area contributed by atoms with Crippen LogP contribution in [0.1, 0.15) is 28.8 Å². The van der Waals surface area contributed by atoms with Gasteiger partial charge >= 0.3 is 0 Å². The molecule has 1 fully saturated rings. The minimum Gasteiger partial charge on any atom is -0.337 e. The smallest absolute Gasteiger partial charge is 0.253 e. The molecule has 27 heavy (non-hydrogen) atoms. The molecule has 1 amide bonds. The number of H-pyrrole nitrogens is 1. The van der Waals surface area contributed by atoms with Crippen LogP contribution in [0.2, 0.25) is 0 Å². The van der Waals surface area contributed by atoms with Gasteiger partial charge in [0.2, 0.25) is 0 Å². The van der Waals surface area contributed by atoms with Crippen molar-refractivity contribution in [3.63, 3.8) is 0 Å². The maximum Gasteiger partial charge on any atom is 0.253 e. The van der Waals surface area contributed by atoms with Gasteiger partial charge in [-0.05, 0) is 43.7 Å². The number of rotatable bonds is 4. The average Bonchev–Trinajstić information content (AvgIpc) is 3.16. The number of nitrogens with zero attached hydrogens (tertiary/aromatic N) is 4. The number of likely N-dealkylation sites (N-methyl/N-ethyl adjacent to an activating group) is 1. The second-order valence-corrected chi connectivity index (χ2v) is 7.07. The molecule has 140 valence electrons. The van der Waals surface area contributed by atoms with E-state index in [1.165, 1.54) is 6.07 Å². The molecule has 1 atom stereocenters. The van der Waals surface area contributed by atoms with Crippen LogP contribution in [0, 0.1) is 5.82 Å². The summed E-state index contributed by atoms with van der Waals surface area (Å²) in [6.45, 7) is 2.22. The van der Waals surface area contributed by atoms with Crippen molar-refractivity contribution in [1.29, 1.82) is 0 Å². The highest BCUT2D eigenvalue weighted by molar-refractivity contribution is 5.97. The van der Waals surface area contributed by atoms with Crippen LogP contribution in [-0.4, -0.2) is 57.3 Å². The van der Waals surface area contributed by atoms with Crippen LogP contribution in [0.4, 0.5) is 4.39 Å². The van der Waals surface area contributed by atoms with E-state index in [1.807, 2.05) is 19.2 Å². The van der Waals surface area contributed by atoms with E-state index < -0.39 is 0 Å². The van der Waals surface area contributed by atoms with Crippen molar-refractivity contribution in [3.8, 4) is 0 Å². The van der Waals surface area contributed by atoms with Gasteiger partial charge in [-0.2, -0.15) is 15.4 Å². The predicted molar refractivity (Wildman–Crippen MR) is 101 cm³/mol. The van der Waals surface area contributed by atoms with Gasteiger partial charge in [0, 0.05) is 37.3 Å². The van der Waals surface area contributed by atoms with Gasteiger partial charge in [0.1, 0.15) is 16.9 Å². The van der Waals surface area contributed by atoms with Crippen molar-refractivity contribution >= 4 is 16.9 Å². The normalized spacial score (nSPS) is 17.9. The van der Waals surface area contributed by atoms with E-state index in [-0.39, 0.29) is 17.8 Å². The summed E-state index contributed by atoms with van der Waals surface area (Å²) in [6.07, 6.45) is 1.93. The summed E-state index contributed by atoms with van der Waals surface area (Å²) in [5.74, 6) is -0.206. The van der Waals surface area contributed by atoms with E-state index in [0.29, 0.717) is 23.2 Å². The lowest BCUT2D eigenvalue weighted by atomic mass is 10.0. The molecule has 2 heterocycles. The second-order valence-electron chi connectivity index (χ2n) is 7.07. The first-order valence-electron chi connectivity index (χ1n) is 9.15. The summed E-state index contributed by atoms with van der Waals surface area (Å²) < 4.78 is 13.9. The lowest BCUT2D eigenvalue weighted by molar-refractivity contribution is 0.0608. The van der Waals surface area contributed by atoms with Gasteiger partial charge < -0.3 is 4.90 Å². The Bertz CT molecular complexity index is 956. The summed E-state index contributed by atoms with van der Waals surface area (Å²) in [4.78, 5) is 16.9. The third kappa shape index (κ3) is 3.68. The van der Waals surface area contributed by atoms with Gasteiger partial charge in [-0.25, -0.2) is 4.39 Å². The number of halogens is 1. The average molecular weight is 367 g/mol. The highest BCUT2D eigenvalue weighted by Gasteiger charge is 2.27. The molecular formula is C20H22FN5O. The molecule has 0 bridgehead atoms. The lowest BCUT2D eigenvalue weighted by Crippen LogP contribution is -2.48. The topological polar surface area (TPSA) is 65.1 Å².